The van der Waals surface area contributed by atoms with Gasteiger partial charge in [0.05, 0.1) is 10.7 Å². The number of hydrogen-bond donors (Lipinski definition) is 3. The zero-order chi connectivity index (χ0) is 14.0. The number of amides is 3. The Bertz CT molecular complexity index is 559. The molecule has 1 aliphatic rings. The average molecular weight is 282 g/mol. The molecule has 0 bridgehead atoms. The Kier molecular flexibility index (Phi) is 3.71. The summed E-state index contributed by atoms with van der Waals surface area (Å²) in [6.45, 7) is 0. The van der Waals surface area contributed by atoms with Gasteiger partial charge in [0, 0.05) is 12.0 Å². The first kappa shape index (κ1) is 13.4. The van der Waals surface area contributed by atoms with Crippen molar-refractivity contribution in [3.8, 4) is 0 Å². The van der Waals surface area contributed by atoms with Gasteiger partial charge in [0.2, 0.25) is 11.8 Å². The summed E-state index contributed by atoms with van der Waals surface area (Å²) in [5, 5.41) is 4.99. The van der Waals surface area contributed by atoms with Crippen molar-refractivity contribution in [2.24, 2.45) is 0 Å². The molecule has 0 radical (unpaired) electrons. The second-order valence-corrected chi connectivity index (χ2v) is 4.62. The lowest BCUT2D eigenvalue weighted by molar-refractivity contribution is -0.134. The van der Waals surface area contributed by atoms with Crippen LogP contribution in [0.15, 0.2) is 18.2 Å². The largest absolute Gasteiger partial charge is 0.398 e. The first-order valence-electron chi connectivity index (χ1n) is 5.67. The number of benzene rings is 1. The molecule has 1 saturated heterocycles. The van der Waals surface area contributed by atoms with Crippen molar-refractivity contribution in [3.05, 3.63) is 28.8 Å². The molecule has 0 spiro atoms. The Morgan fingerprint density at radius 2 is 2.16 bits per heavy atom. The minimum Gasteiger partial charge on any atom is -0.398 e. The van der Waals surface area contributed by atoms with Crippen molar-refractivity contribution in [2.75, 3.05) is 5.73 Å². The van der Waals surface area contributed by atoms with Gasteiger partial charge in [-0.3, -0.25) is 19.7 Å². The minimum atomic E-state index is -0.707. The SMILES string of the molecule is Nc1ccc(C(=O)NC2CCC(=O)NC2=O)cc1Cl. The molecular weight excluding hydrogens is 270 g/mol. The van der Waals surface area contributed by atoms with Crippen LogP contribution in [0.3, 0.4) is 0 Å². The van der Waals surface area contributed by atoms with Crippen LogP contribution in [0.1, 0.15) is 23.2 Å². The van der Waals surface area contributed by atoms with Gasteiger partial charge in [-0.25, -0.2) is 0 Å². The van der Waals surface area contributed by atoms with E-state index in [9.17, 15) is 14.4 Å². The van der Waals surface area contributed by atoms with Crippen molar-refractivity contribution in [3.63, 3.8) is 0 Å². The summed E-state index contributed by atoms with van der Waals surface area (Å²) in [4.78, 5) is 34.4. The van der Waals surface area contributed by atoms with Crippen molar-refractivity contribution < 1.29 is 14.4 Å². The van der Waals surface area contributed by atoms with Crippen LogP contribution >= 0.6 is 11.6 Å². The number of piperidine rings is 1. The summed E-state index contributed by atoms with van der Waals surface area (Å²) in [6.07, 6.45) is 0.498. The standard InChI is InChI=1S/C12H12ClN3O3/c13-7-5-6(1-2-8(7)14)11(18)15-9-3-4-10(17)16-12(9)19/h1-2,5,9H,3-4,14H2,(H,15,18)(H,16,17,19). The minimum absolute atomic E-state index is 0.208. The van der Waals surface area contributed by atoms with Gasteiger partial charge in [0.15, 0.2) is 0 Å². The smallest absolute Gasteiger partial charge is 0.251 e. The second-order valence-electron chi connectivity index (χ2n) is 4.21. The van der Waals surface area contributed by atoms with Gasteiger partial charge in [-0.1, -0.05) is 11.6 Å². The monoisotopic (exact) mass is 281 g/mol. The van der Waals surface area contributed by atoms with Crippen LogP contribution in [-0.4, -0.2) is 23.8 Å². The molecule has 3 amide bonds. The summed E-state index contributed by atoms with van der Waals surface area (Å²) < 4.78 is 0. The molecule has 0 saturated carbocycles. The number of anilines is 1. The van der Waals surface area contributed by atoms with Crippen LogP contribution in [0, 0.1) is 0 Å². The molecule has 1 aromatic rings. The van der Waals surface area contributed by atoms with E-state index in [1.165, 1.54) is 18.2 Å². The van der Waals surface area contributed by atoms with Gasteiger partial charge in [0.1, 0.15) is 6.04 Å². The zero-order valence-electron chi connectivity index (χ0n) is 9.90. The number of halogens is 1. The lowest BCUT2D eigenvalue weighted by Gasteiger charge is -2.21. The number of hydrogen-bond acceptors (Lipinski definition) is 4. The maximum Gasteiger partial charge on any atom is 0.251 e. The highest BCUT2D eigenvalue weighted by atomic mass is 35.5. The van der Waals surface area contributed by atoms with E-state index in [-0.39, 0.29) is 17.4 Å². The number of carbonyl (C=O) groups excluding carboxylic acids is 3. The van der Waals surface area contributed by atoms with E-state index in [1.807, 2.05) is 0 Å². The predicted molar refractivity (Wildman–Crippen MR) is 69.5 cm³/mol. The van der Waals surface area contributed by atoms with E-state index in [1.54, 1.807) is 0 Å². The van der Waals surface area contributed by atoms with Gasteiger partial charge in [-0.15, -0.1) is 0 Å². The molecule has 1 aliphatic heterocycles. The molecular formula is C12H12ClN3O3. The van der Waals surface area contributed by atoms with Gasteiger partial charge in [-0.05, 0) is 24.6 Å². The molecule has 1 heterocycles. The van der Waals surface area contributed by atoms with E-state index in [0.29, 0.717) is 17.7 Å². The molecule has 1 unspecified atom stereocenters. The van der Waals surface area contributed by atoms with Gasteiger partial charge in [-0.2, -0.15) is 0 Å². The highest BCUT2D eigenvalue weighted by Gasteiger charge is 2.28. The molecule has 0 aliphatic carbocycles. The average Bonchev–Trinajstić information content (AvgIpc) is 2.36. The highest BCUT2D eigenvalue weighted by Crippen LogP contribution is 2.19. The lowest BCUT2D eigenvalue weighted by atomic mass is 10.1. The molecule has 19 heavy (non-hydrogen) atoms. The highest BCUT2D eigenvalue weighted by molar-refractivity contribution is 6.33. The Morgan fingerprint density at radius 3 is 2.79 bits per heavy atom. The molecule has 2 rings (SSSR count). The summed E-state index contributed by atoms with van der Waals surface area (Å²) in [5.74, 6) is -1.26. The number of carbonyl (C=O) groups is 3. The summed E-state index contributed by atoms with van der Waals surface area (Å²) in [7, 11) is 0. The fourth-order valence-electron chi connectivity index (χ4n) is 1.74. The molecule has 6 nitrogen and oxygen atoms in total. The maximum atomic E-state index is 11.9. The summed E-state index contributed by atoms with van der Waals surface area (Å²) in [5.41, 5.74) is 6.23. The molecule has 1 aromatic carbocycles. The molecule has 7 heteroatoms. The number of nitrogens with two attached hydrogens (primary N) is 1. The first-order chi connectivity index (χ1) is 8.97. The quantitative estimate of drug-likeness (QED) is 0.541. The number of nitrogens with one attached hydrogen (secondary N) is 2. The van der Waals surface area contributed by atoms with Crippen LogP contribution < -0.4 is 16.4 Å². The maximum absolute atomic E-state index is 11.9. The summed E-state index contributed by atoms with van der Waals surface area (Å²) in [6, 6.07) is 3.75. The Morgan fingerprint density at radius 1 is 1.42 bits per heavy atom. The Hall–Kier alpha value is -2.08. The van der Waals surface area contributed by atoms with Crippen LogP contribution in [0.5, 0.6) is 0 Å². The van der Waals surface area contributed by atoms with Crippen LogP contribution in [0.25, 0.3) is 0 Å². The Labute approximate surface area is 114 Å². The third-order valence-electron chi connectivity index (χ3n) is 2.81. The van der Waals surface area contributed by atoms with E-state index in [4.69, 9.17) is 17.3 Å². The number of nitrogen functional groups attached to an aromatic ring is 1. The van der Waals surface area contributed by atoms with E-state index < -0.39 is 17.9 Å². The predicted octanol–water partition coefficient (Wildman–Crippen LogP) is 0.457. The molecule has 1 atom stereocenters. The molecule has 0 aromatic heterocycles. The van der Waals surface area contributed by atoms with Gasteiger partial charge in [0.25, 0.3) is 5.91 Å². The van der Waals surface area contributed by atoms with E-state index in [2.05, 4.69) is 10.6 Å². The topological polar surface area (TPSA) is 101 Å². The van der Waals surface area contributed by atoms with Crippen molar-refractivity contribution >= 4 is 35.0 Å². The first-order valence-corrected chi connectivity index (χ1v) is 6.05. The van der Waals surface area contributed by atoms with Crippen LogP contribution in [0.4, 0.5) is 5.69 Å². The molecule has 100 valence electrons. The fourth-order valence-corrected chi connectivity index (χ4v) is 1.92. The normalized spacial score (nSPS) is 18.9. The number of imide groups is 1. The lowest BCUT2D eigenvalue weighted by Crippen LogP contribution is -2.52. The third kappa shape index (κ3) is 3.03. The second kappa shape index (κ2) is 5.27. The summed E-state index contributed by atoms with van der Waals surface area (Å²) >= 11 is 5.82. The van der Waals surface area contributed by atoms with Crippen molar-refractivity contribution in [1.82, 2.24) is 10.6 Å². The Balaban J connectivity index is 2.06. The van der Waals surface area contributed by atoms with Crippen LogP contribution in [0.2, 0.25) is 5.02 Å². The van der Waals surface area contributed by atoms with E-state index in [0.717, 1.165) is 0 Å². The fraction of sp³-hybridized carbons (Fsp3) is 0.250. The van der Waals surface area contributed by atoms with Crippen molar-refractivity contribution in [1.29, 1.82) is 0 Å². The van der Waals surface area contributed by atoms with Gasteiger partial charge >= 0.3 is 0 Å². The molecule has 1 fully saturated rings. The van der Waals surface area contributed by atoms with Crippen molar-refractivity contribution in [2.45, 2.75) is 18.9 Å². The third-order valence-corrected chi connectivity index (χ3v) is 3.13. The van der Waals surface area contributed by atoms with Crippen LogP contribution in [-0.2, 0) is 9.59 Å². The van der Waals surface area contributed by atoms with Gasteiger partial charge < -0.3 is 11.1 Å². The molecule has 4 N–H and O–H groups in total. The number of rotatable bonds is 2. The zero-order valence-corrected chi connectivity index (χ0v) is 10.7. The van der Waals surface area contributed by atoms with E-state index >= 15 is 0 Å².